The summed E-state index contributed by atoms with van der Waals surface area (Å²) in [5, 5.41) is 13.7. The van der Waals surface area contributed by atoms with Crippen LogP contribution in [0.4, 0.5) is 11.4 Å². The number of amides is 2. The number of fused-ring (bicyclic) bond motifs is 1. The quantitative estimate of drug-likeness (QED) is 0.707. The highest BCUT2D eigenvalue weighted by Crippen LogP contribution is 2.37. The third-order valence-corrected chi connectivity index (χ3v) is 7.81. The van der Waals surface area contributed by atoms with Crippen molar-refractivity contribution in [2.75, 3.05) is 42.9 Å². The highest BCUT2D eigenvalue weighted by atomic mass is 16.3. The lowest BCUT2D eigenvalue weighted by Crippen LogP contribution is -2.53. The number of hydrogen-bond acceptors (Lipinski definition) is 5. The summed E-state index contributed by atoms with van der Waals surface area (Å²) in [6, 6.07) is 17.1. The summed E-state index contributed by atoms with van der Waals surface area (Å²) in [4.78, 5) is 31.5. The molecule has 2 heterocycles. The van der Waals surface area contributed by atoms with E-state index < -0.39 is 5.60 Å². The molecular formula is C28H36N4O3. The van der Waals surface area contributed by atoms with Gasteiger partial charge < -0.3 is 25.1 Å². The Morgan fingerprint density at radius 3 is 2.29 bits per heavy atom. The minimum absolute atomic E-state index is 0.00566. The van der Waals surface area contributed by atoms with Crippen LogP contribution < -0.4 is 10.2 Å². The Labute approximate surface area is 207 Å². The van der Waals surface area contributed by atoms with Gasteiger partial charge in [0.1, 0.15) is 5.60 Å². The molecule has 2 unspecified atom stereocenters. The van der Waals surface area contributed by atoms with E-state index in [2.05, 4.69) is 60.5 Å². The van der Waals surface area contributed by atoms with Crippen LogP contribution in [-0.2, 0) is 4.79 Å². The first-order chi connectivity index (χ1) is 16.9. The van der Waals surface area contributed by atoms with E-state index >= 15 is 0 Å². The molecule has 2 aliphatic heterocycles. The Morgan fingerprint density at radius 1 is 0.943 bits per heavy atom. The fourth-order valence-corrected chi connectivity index (χ4v) is 5.49. The maximum Gasteiger partial charge on any atom is 0.254 e. The largest absolute Gasteiger partial charge is 0.385 e. The smallest absolute Gasteiger partial charge is 0.254 e. The standard InChI is InChI=1S/C28H36N4O3/c1-20-6-5-15-29-25-8-4-3-7-24(25)21(2)32(20)23-11-9-22(10-12-23)26(33)30-16-18-31(19-17-30)27(34)28(35)13-14-28/h3-4,7-12,20-21,29,35H,5-6,13-19H2,1-2H3. The molecule has 7 heteroatoms. The minimum atomic E-state index is -1.14. The molecular weight excluding hydrogens is 440 g/mol. The fourth-order valence-electron chi connectivity index (χ4n) is 5.49. The van der Waals surface area contributed by atoms with Crippen molar-refractivity contribution in [3.63, 3.8) is 0 Å². The minimum Gasteiger partial charge on any atom is -0.385 e. The molecule has 1 saturated heterocycles. The van der Waals surface area contributed by atoms with E-state index in [0.29, 0.717) is 50.6 Å². The third-order valence-electron chi connectivity index (χ3n) is 7.81. The van der Waals surface area contributed by atoms with Crippen molar-refractivity contribution in [1.82, 2.24) is 9.80 Å². The van der Waals surface area contributed by atoms with Gasteiger partial charge in [-0.15, -0.1) is 0 Å². The van der Waals surface area contributed by atoms with Crippen LogP contribution in [0.25, 0.3) is 0 Å². The Bertz CT molecular complexity index is 1070. The Kier molecular flexibility index (Phi) is 6.45. The number of carbonyl (C=O) groups is 2. The van der Waals surface area contributed by atoms with Crippen LogP contribution in [-0.4, -0.2) is 71.1 Å². The average Bonchev–Trinajstić information content (AvgIpc) is 3.63. The van der Waals surface area contributed by atoms with E-state index in [1.165, 1.54) is 11.3 Å². The molecule has 2 aromatic carbocycles. The number of para-hydroxylation sites is 1. The monoisotopic (exact) mass is 476 g/mol. The fraction of sp³-hybridized carbons (Fsp3) is 0.500. The third kappa shape index (κ3) is 4.74. The lowest BCUT2D eigenvalue weighted by atomic mass is 10.0. The lowest BCUT2D eigenvalue weighted by Gasteiger charge is -2.37. The summed E-state index contributed by atoms with van der Waals surface area (Å²) in [5.74, 6) is -0.188. The topological polar surface area (TPSA) is 76.1 Å². The maximum absolute atomic E-state index is 13.2. The second-order valence-corrected chi connectivity index (χ2v) is 10.3. The Hall–Kier alpha value is -3.06. The van der Waals surface area contributed by atoms with Crippen molar-refractivity contribution in [2.45, 2.75) is 57.2 Å². The molecule has 2 aromatic rings. The van der Waals surface area contributed by atoms with Gasteiger partial charge in [-0.3, -0.25) is 9.59 Å². The molecule has 5 rings (SSSR count). The Balaban J connectivity index is 1.29. The van der Waals surface area contributed by atoms with Crippen LogP contribution in [0.1, 0.15) is 61.5 Å². The first-order valence-electron chi connectivity index (χ1n) is 12.9. The van der Waals surface area contributed by atoms with Gasteiger partial charge in [0.2, 0.25) is 0 Å². The summed E-state index contributed by atoms with van der Waals surface area (Å²) < 4.78 is 0. The lowest BCUT2D eigenvalue weighted by molar-refractivity contribution is -0.143. The number of hydrogen-bond donors (Lipinski definition) is 2. The molecule has 1 aliphatic carbocycles. The van der Waals surface area contributed by atoms with E-state index in [1.807, 2.05) is 17.0 Å². The van der Waals surface area contributed by atoms with Crippen LogP contribution in [0.2, 0.25) is 0 Å². The van der Waals surface area contributed by atoms with Gasteiger partial charge >= 0.3 is 0 Å². The van der Waals surface area contributed by atoms with Crippen molar-refractivity contribution in [1.29, 1.82) is 0 Å². The molecule has 0 spiro atoms. The van der Waals surface area contributed by atoms with Crippen LogP contribution in [0.15, 0.2) is 48.5 Å². The maximum atomic E-state index is 13.2. The molecule has 2 atom stereocenters. The van der Waals surface area contributed by atoms with Crippen molar-refractivity contribution in [2.24, 2.45) is 0 Å². The highest BCUT2D eigenvalue weighted by Gasteiger charge is 2.50. The molecule has 2 N–H and O–H groups in total. The zero-order valence-corrected chi connectivity index (χ0v) is 20.7. The zero-order chi connectivity index (χ0) is 24.6. The van der Waals surface area contributed by atoms with Gasteiger partial charge in [-0.05, 0) is 75.4 Å². The Morgan fingerprint density at radius 2 is 1.60 bits per heavy atom. The van der Waals surface area contributed by atoms with Gasteiger partial charge in [0, 0.05) is 55.7 Å². The van der Waals surface area contributed by atoms with Gasteiger partial charge in [-0.25, -0.2) is 0 Å². The number of benzene rings is 2. The zero-order valence-electron chi connectivity index (χ0n) is 20.7. The molecule has 0 bridgehead atoms. The molecule has 1 saturated carbocycles. The number of piperazine rings is 1. The number of rotatable bonds is 3. The predicted octanol–water partition coefficient (Wildman–Crippen LogP) is 3.66. The summed E-state index contributed by atoms with van der Waals surface area (Å²) in [6.45, 7) is 7.43. The normalized spacial score (nSPS) is 23.9. The molecule has 7 nitrogen and oxygen atoms in total. The molecule has 186 valence electrons. The van der Waals surface area contributed by atoms with Crippen LogP contribution in [0.3, 0.4) is 0 Å². The first-order valence-corrected chi connectivity index (χ1v) is 12.9. The average molecular weight is 477 g/mol. The summed E-state index contributed by atoms with van der Waals surface area (Å²) >= 11 is 0. The predicted molar refractivity (Wildman–Crippen MR) is 138 cm³/mol. The molecule has 3 aliphatic rings. The number of aliphatic hydroxyl groups is 1. The van der Waals surface area contributed by atoms with E-state index in [-0.39, 0.29) is 17.9 Å². The number of carbonyl (C=O) groups excluding carboxylic acids is 2. The highest BCUT2D eigenvalue weighted by molar-refractivity contribution is 5.95. The van der Waals surface area contributed by atoms with Crippen LogP contribution >= 0.6 is 0 Å². The molecule has 0 radical (unpaired) electrons. The number of nitrogens with one attached hydrogen (secondary N) is 1. The molecule has 2 fully saturated rings. The second kappa shape index (κ2) is 9.53. The van der Waals surface area contributed by atoms with Crippen LogP contribution in [0.5, 0.6) is 0 Å². The first kappa shape index (κ1) is 23.7. The van der Waals surface area contributed by atoms with E-state index in [1.54, 1.807) is 4.90 Å². The van der Waals surface area contributed by atoms with Gasteiger partial charge in [-0.2, -0.15) is 0 Å². The second-order valence-electron chi connectivity index (χ2n) is 10.3. The van der Waals surface area contributed by atoms with E-state index in [4.69, 9.17) is 0 Å². The summed E-state index contributed by atoms with van der Waals surface area (Å²) in [6.07, 6.45) is 3.28. The number of nitrogens with zero attached hydrogens (tertiary/aromatic N) is 3. The van der Waals surface area contributed by atoms with Crippen molar-refractivity contribution in [3.05, 3.63) is 59.7 Å². The van der Waals surface area contributed by atoms with Crippen molar-refractivity contribution >= 4 is 23.2 Å². The van der Waals surface area contributed by atoms with Crippen molar-refractivity contribution in [3.8, 4) is 0 Å². The summed E-state index contributed by atoms with van der Waals surface area (Å²) in [7, 11) is 0. The molecule has 0 aromatic heterocycles. The molecule has 2 amide bonds. The van der Waals surface area contributed by atoms with Gasteiger partial charge in [0.15, 0.2) is 0 Å². The van der Waals surface area contributed by atoms with E-state index in [9.17, 15) is 14.7 Å². The van der Waals surface area contributed by atoms with Gasteiger partial charge in [-0.1, -0.05) is 18.2 Å². The SMILES string of the molecule is CC1CCCNc2ccccc2C(C)N1c1ccc(C(=O)N2CCN(C(=O)C3(O)CC3)CC2)cc1. The van der Waals surface area contributed by atoms with Gasteiger partial charge in [0.05, 0.1) is 6.04 Å². The van der Waals surface area contributed by atoms with Crippen LogP contribution in [0, 0.1) is 0 Å². The number of anilines is 2. The van der Waals surface area contributed by atoms with E-state index in [0.717, 1.165) is 25.1 Å². The van der Waals surface area contributed by atoms with Crippen molar-refractivity contribution < 1.29 is 14.7 Å². The summed E-state index contributed by atoms with van der Waals surface area (Å²) in [5.41, 5.74) is 3.12. The molecule has 35 heavy (non-hydrogen) atoms. The van der Waals surface area contributed by atoms with Gasteiger partial charge in [0.25, 0.3) is 11.8 Å².